The van der Waals surface area contributed by atoms with Gasteiger partial charge in [-0.2, -0.15) is 10.2 Å². The van der Waals surface area contributed by atoms with Crippen LogP contribution < -0.4 is 4.72 Å². The van der Waals surface area contributed by atoms with Crippen molar-refractivity contribution >= 4 is 45.2 Å². The van der Waals surface area contributed by atoms with Crippen molar-refractivity contribution in [2.24, 2.45) is 10.2 Å². The Morgan fingerprint density at radius 3 is 2.08 bits per heavy atom. The molecule has 12 heteroatoms. The molecule has 0 aliphatic rings. The van der Waals surface area contributed by atoms with Crippen LogP contribution in [0, 0.1) is 0 Å². The average Bonchev–Trinajstić information content (AvgIpc) is 2.93. The number of benzene rings is 3. The summed E-state index contributed by atoms with van der Waals surface area (Å²) in [6.45, 7) is 0. The van der Waals surface area contributed by atoms with Gasteiger partial charge in [-0.15, -0.1) is 0 Å². The van der Waals surface area contributed by atoms with E-state index in [1.165, 1.54) is 54.7 Å². The van der Waals surface area contributed by atoms with Crippen molar-refractivity contribution in [3.05, 3.63) is 114 Å². The van der Waals surface area contributed by atoms with Crippen LogP contribution in [0.15, 0.2) is 118 Å². The summed E-state index contributed by atoms with van der Waals surface area (Å²) in [6, 6.07) is 23.6. The summed E-state index contributed by atoms with van der Waals surface area (Å²) in [5.74, 6) is -2.38. The van der Waals surface area contributed by atoms with E-state index < -0.39 is 22.0 Å². The number of aromatic carboxylic acids is 1. The summed E-state index contributed by atoms with van der Waals surface area (Å²) in [5.41, 5.74) is 1.19. The zero-order valence-electron chi connectivity index (χ0n) is 20.1. The molecule has 4 N–H and O–H groups in total. The van der Waals surface area contributed by atoms with Gasteiger partial charge in [0, 0.05) is 12.3 Å². The summed E-state index contributed by atoms with van der Waals surface area (Å²) < 4.78 is 27.0. The number of sulfonamides is 1. The van der Waals surface area contributed by atoms with Gasteiger partial charge in [0.25, 0.3) is 10.0 Å². The van der Waals surface area contributed by atoms with Crippen LogP contribution in [0.5, 0.6) is 5.75 Å². The third kappa shape index (κ3) is 8.91. The van der Waals surface area contributed by atoms with E-state index in [-0.39, 0.29) is 27.7 Å². The van der Waals surface area contributed by atoms with Crippen molar-refractivity contribution in [2.75, 3.05) is 4.72 Å². The van der Waals surface area contributed by atoms with Gasteiger partial charge >= 0.3 is 11.9 Å². The third-order valence-electron chi connectivity index (χ3n) is 4.76. The zero-order chi connectivity index (χ0) is 28.3. The van der Waals surface area contributed by atoms with E-state index in [0.717, 1.165) is 11.6 Å². The quantitative estimate of drug-likeness (QED) is 0.165. The number of azo groups is 1. The molecule has 198 valence electrons. The van der Waals surface area contributed by atoms with Gasteiger partial charge in [0.05, 0.1) is 16.3 Å². The van der Waals surface area contributed by atoms with Gasteiger partial charge < -0.3 is 15.3 Å². The van der Waals surface area contributed by atoms with E-state index in [2.05, 4.69) is 19.9 Å². The highest BCUT2D eigenvalue weighted by molar-refractivity contribution is 7.92. The number of aromatic nitrogens is 1. The maximum atomic E-state index is 12.3. The molecule has 0 aliphatic heterocycles. The minimum atomic E-state index is -3.79. The second kappa shape index (κ2) is 13.3. The fraction of sp³-hybridized carbons (Fsp3) is 0. The van der Waals surface area contributed by atoms with E-state index in [0.29, 0.717) is 5.69 Å². The molecule has 39 heavy (non-hydrogen) atoms. The molecule has 0 fully saturated rings. The first kappa shape index (κ1) is 28.2. The number of hydrogen-bond acceptors (Lipinski definition) is 8. The molecule has 0 spiro atoms. The number of carbonyl (C=O) groups is 2. The maximum Gasteiger partial charge on any atom is 0.339 e. The standard InChI is InChI=1S/C18H14N4O5S.C9H8O2/c23-16-9-6-13(11-15(16)18(24)25)21-20-12-4-7-14(8-5-12)28(26,27)22-17-3-1-2-10-19-17;10-9(11)7-6-8-4-2-1-3-5-8/h1-11,23H,(H,19,22)(H,24,25);1-7H,(H,10,11)/b;7-6+. The molecule has 0 radical (unpaired) electrons. The largest absolute Gasteiger partial charge is 0.507 e. The average molecular weight is 547 g/mol. The van der Waals surface area contributed by atoms with E-state index in [9.17, 15) is 23.1 Å². The van der Waals surface area contributed by atoms with Crippen LogP contribution in [0.25, 0.3) is 6.08 Å². The monoisotopic (exact) mass is 546 g/mol. The third-order valence-corrected chi connectivity index (χ3v) is 6.13. The smallest absolute Gasteiger partial charge is 0.339 e. The van der Waals surface area contributed by atoms with Gasteiger partial charge in [-0.3, -0.25) is 4.72 Å². The molecule has 0 unspecified atom stereocenters. The van der Waals surface area contributed by atoms with Crippen LogP contribution in [0.3, 0.4) is 0 Å². The first-order chi connectivity index (χ1) is 18.6. The fourth-order valence-electron chi connectivity index (χ4n) is 2.92. The fourth-order valence-corrected chi connectivity index (χ4v) is 3.92. The summed E-state index contributed by atoms with van der Waals surface area (Å²) in [4.78, 5) is 25.0. The SMILES string of the molecule is O=C(O)/C=C/c1ccccc1.O=C(O)c1cc(N=Nc2ccc(S(=O)(=O)Nc3ccccn3)cc2)ccc1O. The van der Waals surface area contributed by atoms with E-state index in [1.54, 1.807) is 18.2 Å². The van der Waals surface area contributed by atoms with Crippen LogP contribution >= 0.6 is 0 Å². The lowest BCUT2D eigenvalue weighted by Crippen LogP contribution is -2.13. The summed E-state index contributed by atoms with van der Waals surface area (Å²) >= 11 is 0. The predicted molar refractivity (Wildman–Crippen MR) is 144 cm³/mol. The molecule has 0 saturated carbocycles. The first-order valence-corrected chi connectivity index (χ1v) is 12.6. The number of phenols is 1. The Morgan fingerprint density at radius 1 is 0.821 bits per heavy atom. The Labute approximate surface area is 223 Å². The van der Waals surface area contributed by atoms with Crippen LogP contribution in [0.1, 0.15) is 15.9 Å². The Hall–Kier alpha value is -5.36. The number of carboxylic acid groups (broad SMARTS) is 2. The van der Waals surface area contributed by atoms with Crippen LogP contribution in [-0.4, -0.2) is 40.7 Å². The number of aromatic hydroxyl groups is 1. The molecule has 1 aromatic heterocycles. The van der Waals surface area contributed by atoms with Crippen LogP contribution in [0.4, 0.5) is 17.2 Å². The molecule has 4 aromatic rings. The molecule has 0 aliphatic carbocycles. The maximum absolute atomic E-state index is 12.3. The van der Waals surface area contributed by atoms with Gasteiger partial charge in [-0.1, -0.05) is 36.4 Å². The normalized spacial score (nSPS) is 11.1. The molecule has 0 amide bonds. The number of carboxylic acids is 2. The minimum Gasteiger partial charge on any atom is -0.507 e. The van der Waals surface area contributed by atoms with E-state index in [4.69, 9.17) is 10.2 Å². The van der Waals surface area contributed by atoms with Gasteiger partial charge in [-0.05, 0) is 66.2 Å². The summed E-state index contributed by atoms with van der Waals surface area (Å²) in [6.07, 6.45) is 4.15. The highest BCUT2D eigenvalue weighted by Gasteiger charge is 2.14. The number of nitrogens with zero attached hydrogens (tertiary/aromatic N) is 3. The second-order valence-corrected chi connectivity index (χ2v) is 9.29. The van der Waals surface area contributed by atoms with Gasteiger partial charge in [-0.25, -0.2) is 23.0 Å². The van der Waals surface area contributed by atoms with Crippen LogP contribution in [0.2, 0.25) is 0 Å². The number of hydrogen-bond donors (Lipinski definition) is 4. The highest BCUT2D eigenvalue weighted by atomic mass is 32.2. The van der Waals surface area contributed by atoms with Crippen molar-refractivity contribution in [3.63, 3.8) is 0 Å². The molecule has 11 nitrogen and oxygen atoms in total. The zero-order valence-corrected chi connectivity index (χ0v) is 20.9. The molecular weight excluding hydrogens is 524 g/mol. The topological polar surface area (TPSA) is 179 Å². The lowest BCUT2D eigenvalue weighted by atomic mass is 10.2. The predicted octanol–water partition coefficient (Wildman–Crippen LogP) is 5.49. The number of rotatable bonds is 8. The molecule has 0 saturated heterocycles. The van der Waals surface area contributed by atoms with E-state index in [1.807, 2.05) is 30.3 Å². The summed E-state index contributed by atoms with van der Waals surface area (Å²) in [5, 5.41) is 34.6. The Kier molecular flexibility index (Phi) is 9.59. The number of nitrogens with one attached hydrogen (secondary N) is 1. The van der Waals surface area contributed by atoms with Crippen molar-refractivity contribution in [2.45, 2.75) is 4.90 Å². The Bertz CT molecular complexity index is 1590. The van der Waals surface area contributed by atoms with Crippen molar-refractivity contribution in [1.29, 1.82) is 0 Å². The molecule has 3 aromatic carbocycles. The molecule has 4 rings (SSSR count). The van der Waals surface area contributed by atoms with Gasteiger partial charge in [0.1, 0.15) is 17.1 Å². The van der Waals surface area contributed by atoms with Crippen molar-refractivity contribution in [3.8, 4) is 5.75 Å². The molecule has 0 atom stereocenters. The number of anilines is 1. The van der Waals surface area contributed by atoms with Crippen LogP contribution in [-0.2, 0) is 14.8 Å². The summed E-state index contributed by atoms with van der Waals surface area (Å²) in [7, 11) is -3.79. The van der Waals surface area contributed by atoms with Gasteiger partial charge in [0.15, 0.2) is 0 Å². The van der Waals surface area contributed by atoms with Crippen molar-refractivity contribution < 1.29 is 33.3 Å². The Balaban J connectivity index is 0.000000320. The Morgan fingerprint density at radius 2 is 1.46 bits per heavy atom. The van der Waals surface area contributed by atoms with Gasteiger partial charge in [0.2, 0.25) is 0 Å². The molecule has 0 bridgehead atoms. The van der Waals surface area contributed by atoms with E-state index >= 15 is 0 Å². The number of pyridine rings is 1. The number of aliphatic carboxylic acids is 1. The highest BCUT2D eigenvalue weighted by Crippen LogP contribution is 2.26. The molecular formula is C27H22N4O7S. The lowest BCUT2D eigenvalue weighted by molar-refractivity contribution is -0.131. The minimum absolute atomic E-state index is 0.0231. The second-order valence-electron chi connectivity index (χ2n) is 7.60. The molecule has 1 heterocycles. The van der Waals surface area contributed by atoms with Crippen molar-refractivity contribution in [1.82, 2.24) is 4.98 Å². The first-order valence-electron chi connectivity index (χ1n) is 11.1. The lowest BCUT2D eigenvalue weighted by Gasteiger charge is -2.07.